The van der Waals surface area contributed by atoms with Crippen molar-refractivity contribution in [1.29, 1.82) is 0 Å². The van der Waals surface area contributed by atoms with Crippen molar-refractivity contribution in [3.63, 3.8) is 0 Å². The maximum absolute atomic E-state index is 12.9. The fourth-order valence-electron chi connectivity index (χ4n) is 2.27. The Balaban J connectivity index is 0.00000676. The first kappa shape index (κ1) is 25.9. The van der Waals surface area contributed by atoms with Gasteiger partial charge in [-0.25, -0.2) is 17.1 Å². The van der Waals surface area contributed by atoms with E-state index in [2.05, 4.69) is 15.6 Å². The van der Waals surface area contributed by atoms with Gasteiger partial charge in [0, 0.05) is 26.7 Å². The summed E-state index contributed by atoms with van der Waals surface area (Å²) in [5.41, 5.74) is 0. The molecule has 1 atom stereocenters. The Kier molecular flexibility index (Phi) is 12.6. The van der Waals surface area contributed by atoms with Gasteiger partial charge in [0.25, 0.3) is 0 Å². The predicted octanol–water partition coefficient (Wildman–Crippen LogP) is 2.05. The topological polar surface area (TPSA) is 83.0 Å². The first-order chi connectivity index (χ1) is 12.3. The van der Waals surface area contributed by atoms with E-state index >= 15 is 0 Å². The van der Waals surface area contributed by atoms with Crippen LogP contribution in [0.15, 0.2) is 29.3 Å². The SMILES string of the molecule is CCN(CCCNC(=NC)NCC(C)Oc1ccc(F)cc1)S(C)(=O)=O.I. The van der Waals surface area contributed by atoms with Crippen LogP contribution in [0.5, 0.6) is 5.75 Å². The number of benzene rings is 1. The maximum atomic E-state index is 12.9. The van der Waals surface area contributed by atoms with E-state index in [0.717, 1.165) is 0 Å². The first-order valence-corrected chi connectivity index (χ1v) is 10.4. The molecule has 1 aromatic carbocycles. The van der Waals surface area contributed by atoms with Gasteiger partial charge >= 0.3 is 0 Å². The lowest BCUT2D eigenvalue weighted by molar-refractivity contribution is 0.223. The molecule has 0 amide bonds. The van der Waals surface area contributed by atoms with E-state index < -0.39 is 10.0 Å². The Bertz CT molecular complexity index is 671. The summed E-state index contributed by atoms with van der Waals surface area (Å²) in [5.74, 6) is 0.913. The van der Waals surface area contributed by atoms with Gasteiger partial charge in [0.1, 0.15) is 17.7 Å². The molecule has 0 aliphatic carbocycles. The minimum Gasteiger partial charge on any atom is -0.489 e. The fraction of sp³-hybridized carbons (Fsp3) is 0.588. The van der Waals surface area contributed by atoms with Crippen molar-refractivity contribution in [2.45, 2.75) is 26.4 Å². The summed E-state index contributed by atoms with van der Waals surface area (Å²) in [4.78, 5) is 4.12. The average molecular weight is 516 g/mol. The third-order valence-electron chi connectivity index (χ3n) is 3.63. The van der Waals surface area contributed by atoms with Crippen molar-refractivity contribution < 1.29 is 17.5 Å². The molecule has 0 aromatic heterocycles. The lowest BCUT2D eigenvalue weighted by Crippen LogP contribution is -2.42. The molecule has 0 aliphatic rings. The fourth-order valence-corrected chi connectivity index (χ4v) is 3.20. The van der Waals surface area contributed by atoms with Gasteiger partial charge in [0.2, 0.25) is 10.0 Å². The van der Waals surface area contributed by atoms with Gasteiger partial charge in [-0.2, -0.15) is 0 Å². The van der Waals surface area contributed by atoms with Crippen LogP contribution in [0.3, 0.4) is 0 Å². The van der Waals surface area contributed by atoms with Gasteiger partial charge in [-0.1, -0.05) is 6.92 Å². The quantitative estimate of drug-likeness (QED) is 0.215. The summed E-state index contributed by atoms with van der Waals surface area (Å²) in [6, 6.07) is 5.87. The highest BCUT2D eigenvalue weighted by Gasteiger charge is 2.13. The molecule has 7 nitrogen and oxygen atoms in total. The molecule has 1 unspecified atom stereocenters. The van der Waals surface area contributed by atoms with E-state index in [9.17, 15) is 12.8 Å². The zero-order valence-corrected chi connectivity index (χ0v) is 19.4. The van der Waals surface area contributed by atoms with Crippen molar-refractivity contribution in [1.82, 2.24) is 14.9 Å². The molecule has 0 bridgehead atoms. The summed E-state index contributed by atoms with van der Waals surface area (Å²) in [5, 5.41) is 6.28. The van der Waals surface area contributed by atoms with Crippen LogP contribution in [0.2, 0.25) is 0 Å². The second-order valence-electron chi connectivity index (χ2n) is 5.87. The standard InChI is InChI=1S/C17H29FN4O3S.HI/c1-5-22(26(4,23)24)12-6-11-20-17(19-3)21-13-14(2)25-16-9-7-15(18)8-10-16;/h7-10,14H,5-6,11-13H2,1-4H3,(H2,19,20,21);1H. The Labute approximate surface area is 178 Å². The van der Waals surface area contributed by atoms with Gasteiger partial charge in [-0.05, 0) is 37.6 Å². The molecule has 1 rings (SSSR count). The number of nitrogens with one attached hydrogen (secondary N) is 2. The molecule has 0 saturated heterocycles. The van der Waals surface area contributed by atoms with E-state index in [1.807, 2.05) is 13.8 Å². The van der Waals surface area contributed by atoms with Gasteiger partial charge in [-0.15, -0.1) is 24.0 Å². The van der Waals surface area contributed by atoms with Crippen LogP contribution in [0.1, 0.15) is 20.3 Å². The number of halogens is 2. The Morgan fingerprint density at radius 2 is 1.93 bits per heavy atom. The van der Waals surface area contributed by atoms with Gasteiger partial charge < -0.3 is 15.4 Å². The summed E-state index contributed by atoms with van der Waals surface area (Å²) >= 11 is 0. The lowest BCUT2D eigenvalue weighted by atomic mass is 10.3. The molecule has 0 heterocycles. The summed E-state index contributed by atoms with van der Waals surface area (Å²) in [7, 11) is -1.49. The Hall–Kier alpha value is -1.14. The largest absolute Gasteiger partial charge is 0.489 e. The zero-order valence-electron chi connectivity index (χ0n) is 16.2. The third-order valence-corrected chi connectivity index (χ3v) is 5.01. The molecular weight excluding hydrogens is 486 g/mol. The molecule has 10 heteroatoms. The predicted molar refractivity (Wildman–Crippen MR) is 118 cm³/mol. The summed E-state index contributed by atoms with van der Waals surface area (Å²) < 4.78 is 43.1. The zero-order chi connectivity index (χ0) is 19.6. The third kappa shape index (κ3) is 10.7. The maximum Gasteiger partial charge on any atom is 0.211 e. The van der Waals surface area contributed by atoms with Crippen LogP contribution in [-0.2, 0) is 10.0 Å². The number of nitrogens with zero attached hydrogens (tertiary/aromatic N) is 2. The number of ether oxygens (including phenoxy) is 1. The number of hydrogen-bond donors (Lipinski definition) is 2. The monoisotopic (exact) mass is 516 g/mol. The van der Waals surface area contributed by atoms with Crippen LogP contribution in [0.4, 0.5) is 4.39 Å². The highest BCUT2D eigenvalue weighted by Crippen LogP contribution is 2.12. The van der Waals surface area contributed by atoms with E-state index in [-0.39, 0.29) is 35.9 Å². The van der Waals surface area contributed by atoms with E-state index in [1.165, 1.54) is 22.7 Å². The van der Waals surface area contributed by atoms with Crippen LogP contribution in [0, 0.1) is 5.82 Å². The number of rotatable bonds is 10. The van der Waals surface area contributed by atoms with Crippen LogP contribution in [-0.4, -0.2) is 64.3 Å². The van der Waals surface area contributed by atoms with Gasteiger partial charge in [0.15, 0.2) is 5.96 Å². The number of aliphatic imine (C=N–C) groups is 1. The molecule has 0 fully saturated rings. The number of hydrogen-bond acceptors (Lipinski definition) is 4. The molecule has 2 N–H and O–H groups in total. The Morgan fingerprint density at radius 1 is 1.30 bits per heavy atom. The summed E-state index contributed by atoms with van der Waals surface area (Å²) in [6.45, 7) is 5.75. The number of sulfonamides is 1. The van der Waals surface area contributed by atoms with Crippen molar-refractivity contribution in [2.75, 3.05) is 39.5 Å². The van der Waals surface area contributed by atoms with E-state index in [4.69, 9.17) is 4.74 Å². The van der Waals surface area contributed by atoms with Crippen LogP contribution >= 0.6 is 24.0 Å². The van der Waals surface area contributed by atoms with E-state index in [0.29, 0.717) is 44.3 Å². The van der Waals surface area contributed by atoms with Crippen LogP contribution in [0.25, 0.3) is 0 Å². The molecule has 27 heavy (non-hydrogen) atoms. The minimum atomic E-state index is -3.16. The van der Waals surface area contributed by atoms with Gasteiger partial charge in [0.05, 0.1) is 12.8 Å². The van der Waals surface area contributed by atoms with Crippen molar-refractivity contribution in [3.05, 3.63) is 30.1 Å². The average Bonchev–Trinajstić information content (AvgIpc) is 2.58. The lowest BCUT2D eigenvalue weighted by Gasteiger charge is -2.19. The molecule has 1 aromatic rings. The van der Waals surface area contributed by atoms with Crippen molar-refractivity contribution in [2.24, 2.45) is 4.99 Å². The number of guanidine groups is 1. The van der Waals surface area contributed by atoms with Crippen LogP contribution < -0.4 is 15.4 Å². The second-order valence-corrected chi connectivity index (χ2v) is 7.85. The van der Waals surface area contributed by atoms with Crippen molar-refractivity contribution in [3.8, 4) is 5.75 Å². The van der Waals surface area contributed by atoms with Crippen molar-refractivity contribution >= 4 is 40.0 Å². The highest BCUT2D eigenvalue weighted by molar-refractivity contribution is 14.0. The molecule has 0 spiro atoms. The molecule has 0 radical (unpaired) electrons. The van der Waals surface area contributed by atoms with E-state index in [1.54, 1.807) is 19.2 Å². The molecular formula is C17H30FIN4O3S. The smallest absolute Gasteiger partial charge is 0.211 e. The van der Waals surface area contributed by atoms with Gasteiger partial charge in [-0.3, -0.25) is 4.99 Å². The molecule has 0 saturated carbocycles. The minimum absolute atomic E-state index is 0. The Morgan fingerprint density at radius 3 is 2.44 bits per heavy atom. The highest BCUT2D eigenvalue weighted by atomic mass is 127. The molecule has 0 aliphatic heterocycles. The first-order valence-electron chi connectivity index (χ1n) is 8.58. The normalized spacial score (nSPS) is 13.0. The molecule has 156 valence electrons. The second kappa shape index (κ2) is 13.1. The summed E-state index contributed by atoms with van der Waals surface area (Å²) in [6.07, 6.45) is 1.75.